The van der Waals surface area contributed by atoms with Crippen molar-refractivity contribution in [2.75, 3.05) is 5.73 Å². The van der Waals surface area contributed by atoms with Crippen LogP contribution >= 0.6 is 0 Å². The molecule has 0 unspecified atom stereocenters. The summed E-state index contributed by atoms with van der Waals surface area (Å²) in [4.78, 5) is 28.1. The summed E-state index contributed by atoms with van der Waals surface area (Å²) in [6.07, 6.45) is 3.10. The fourth-order valence-electron chi connectivity index (χ4n) is 2.61. The number of benzene rings is 1. The third kappa shape index (κ3) is 6.45. The molecule has 0 bridgehead atoms. The van der Waals surface area contributed by atoms with Crippen LogP contribution in [0.3, 0.4) is 0 Å². The van der Waals surface area contributed by atoms with Gasteiger partial charge in [-0.1, -0.05) is 30.3 Å². The first-order chi connectivity index (χ1) is 12.9. The lowest BCUT2D eigenvalue weighted by Gasteiger charge is -2.17. The van der Waals surface area contributed by atoms with Crippen LogP contribution in [0.5, 0.6) is 0 Å². The van der Waals surface area contributed by atoms with Crippen molar-refractivity contribution in [2.24, 2.45) is 5.73 Å². The zero-order valence-corrected chi connectivity index (χ0v) is 15.3. The smallest absolute Gasteiger partial charge is 0.237 e. The predicted molar refractivity (Wildman–Crippen MR) is 102 cm³/mol. The lowest BCUT2D eigenvalue weighted by molar-refractivity contribution is -0.128. The molecule has 0 aliphatic rings. The first kappa shape index (κ1) is 20.5. The summed E-state index contributed by atoms with van der Waals surface area (Å²) in [5, 5.41) is 2.65. The number of aromatic nitrogens is 1. The van der Waals surface area contributed by atoms with E-state index < -0.39 is 17.9 Å². The van der Waals surface area contributed by atoms with Crippen molar-refractivity contribution in [1.29, 1.82) is 0 Å². The first-order valence-corrected chi connectivity index (χ1v) is 8.89. The maximum Gasteiger partial charge on any atom is 0.237 e. The number of carbonyl (C=O) groups is 2. The van der Waals surface area contributed by atoms with E-state index in [2.05, 4.69) is 10.3 Å². The van der Waals surface area contributed by atoms with Crippen LogP contribution in [0.1, 0.15) is 30.9 Å². The largest absolute Gasteiger partial charge is 0.381 e. The number of hydrogen-bond acceptors (Lipinski definition) is 5. The van der Waals surface area contributed by atoms with Crippen LogP contribution in [0, 0.1) is 5.82 Å². The summed E-state index contributed by atoms with van der Waals surface area (Å²) < 4.78 is 13.4. The predicted octanol–water partition coefficient (Wildman–Crippen LogP) is 1.77. The van der Waals surface area contributed by atoms with Crippen LogP contribution in [0.25, 0.3) is 0 Å². The maximum atomic E-state index is 13.4. The summed E-state index contributed by atoms with van der Waals surface area (Å²) >= 11 is 0. The van der Waals surface area contributed by atoms with Crippen molar-refractivity contribution >= 4 is 17.5 Å². The highest BCUT2D eigenvalue weighted by Crippen LogP contribution is 2.11. The monoisotopic (exact) mass is 372 g/mol. The van der Waals surface area contributed by atoms with Gasteiger partial charge in [-0.2, -0.15) is 0 Å². The summed E-state index contributed by atoms with van der Waals surface area (Å²) in [6, 6.07) is 9.67. The van der Waals surface area contributed by atoms with Gasteiger partial charge in [0.15, 0.2) is 17.4 Å². The topological polar surface area (TPSA) is 111 Å². The Hall–Kier alpha value is -2.80. The van der Waals surface area contributed by atoms with Crippen LogP contribution in [-0.4, -0.2) is 28.8 Å². The number of ketones is 1. The van der Waals surface area contributed by atoms with Gasteiger partial charge in [-0.05, 0) is 43.4 Å². The molecule has 0 radical (unpaired) electrons. The Bertz CT molecular complexity index is 783. The fourth-order valence-corrected chi connectivity index (χ4v) is 2.61. The number of nitrogens with two attached hydrogens (primary N) is 2. The molecule has 0 spiro atoms. The summed E-state index contributed by atoms with van der Waals surface area (Å²) in [7, 11) is 0. The van der Waals surface area contributed by atoms with Gasteiger partial charge in [0.1, 0.15) is 0 Å². The number of amides is 1. The van der Waals surface area contributed by atoms with Crippen molar-refractivity contribution in [3.63, 3.8) is 0 Å². The van der Waals surface area contributed by atoms with E-state index in [9.17, 15) is 14.0 Å². The van der Waals surface area contributed by atoms with Crippen LogP contribution < -0.4 is 16.8 Å². The Kier molecular flexibility index (Phi) is 7.43. The van der Waals surface area contributed by atoms with Gasteiger partial charge in [0.2, 0.25) is 5.91 Å². The zero-order valence-electron chi connectivity index (χ0n) is 15.3. The van der Waals surface area contributed by atoms with E-state index in [0.717, 1.165) is 5.56 Å². The molecule has 0 fully saturated rings. The van der Waals surface area contributed by atoms with Crippen molar-refractivity contribution in [1.82, 2.24) is 10.3 Å². The molecule has 0 aliphatic carbocycles. The molecule has 5 N–H and O–H groups in total. The zero-order chi connectivity index (χ0) is 19.8. The second-order valence-electron chi connectivity index (χ2n) is 6.54. The molecule has 1 amide bonds. The number of nitrogens with zero attached hydrogens (tertiary/aromatic N) is 1. The standard InChI is InChI=1S/C20H25FN4O2/c1-13(18(26)10-8-15-11-16(21)19(23)24-12-15)25-20(27)17(22)9-7-14-5-3-2-4-6-14/h2-6,11-13,17H,7-10,22H2,1H3,(H2,23,24)(H,25,27)/t13-,17+/m0/s1. The van der Waals surface area contributed by atoms with Gasteiger partial charge in [-0.3, -0.25) is 9.59 Å². The van der Waals surface area contributed by atoms with E-state index in [4.69, 9.17) is 11.5 Å². The highest BCUT2D eigenvalue weighted by molar-refractivity contribution is 5.90. The molecule has 27 heavy (non-hydrogen) atoms. The third-order valence-corrected chi connectivity index (χ3v) is 4.35. The second-order valence-corrected chi connectivity index (χ2v) is 6.54. The molecule has 1 aromatic carbocycles. The minimum absolute atomic E-state index is 0.157. The molecule has 2 aromatic rings. The summed E-state index contributed by atoms with van der Waals surface area (Å²) in [5.41, 5.74) is 12.9. The minimum atomic E-state index is -0.684. The number of pyridine rings is 1. The number of halogens is 1. The Morgan fingerprint density at radius 2 is 1.89 bits per heavy atom. The molecule has 1 aromatic heterocycles. The van der Waals surface area contributed by atoms with Crippen molar-refractivity contribution in [3.05, 3.63) is 59.5 Å². The number of carbonyl (C=O) groups excluding carboxylic acids is 2. The molecular formula is C20H25FN4O2. The van der Waals surface area contributed by atoms with Gasteiger partial charge >= 0.3 is 0 Å². The molecule has 2 atom stereocenters. The van der Waals surface area contributed by atoms with E-state index in [0.29, 0.717) is 24.8 Å². The first-order valence-electron chi connectivity index (χ1n) is 8.89. The molecular weight excluding hydrogens is 347 g/mol. The van der Waals surface area contributed by atoms with Gasteiger partial charge in [0.05, 0.1) is 12.1 Å². The summed E-state index contributed by atoms with van der Waals surface area (Å²) in [5.74, 6) is -1.29. The highest BCUT2D eigenvalue weighted by atomic mass is 19.1. The average molecular weight is 372 g/mol. The molecule has 6 nitrogen and oxygen atoms in total. The Balaban J connectivity index is 1.76. The number of Topliss-reactive ketones (excluding diaryl/α,β-unsaturated/α-hetero) is 1. The number of anilines is 1. The SMILES string of the molecule is C[C@H](NC(=O)[C@H](N)CCc1ccccc1)C(=O)CCc1cnc(N)c(F)c1. The van der Waals surface area contributed by atoms with E-state index in [-0.39, 0.29) is 23.9 Å². The molecule has 144 valence electrons. The van der Waals surface area contributed by atoms with Gasteiger partial charge < -0.3 is 16.8 Å². The van der Waals surface area contributed by atoms with Gasteiger partial charge in [0.25, 0.3) is 0 Å². The Labute approximate surface area is 158 Å². The third-order valence-electron chi connectivity index (χ3n) is 4.35. The number of hydrogen-bond donors (Lipinski definition) is 3. The normalized spacial score (nSPS) is 13.0. The number of aryl methyl sites for hydroxylation is 2. The van der Waals surface area contributed by atoms with Gasteiger partial charge in [0, 0.05) is 12.6 Å². The molecule has 1 heterocycles. The average Bonchev–Trinajstić information content (AvgIpc) is 2.67. The Morgan fingerprint density at radius 3 is 2.56 bits per heavy atom. The van der Waals surface area contributed by atoms with Crippen LogP contribution in [0.4, 0.5) is 10.2 Å². The van der Waals surface area contributed by atoms with Crippen LogP contribution in [-0.2, 0) is 22.4 Å². The molecule has 0 aliphatic heterocycles. The number of rotatable bonds is 9. The lowest BCUT2D eigenvalue weighted by atomic mass is 10.0. The lowest BCUT2D eigenvalue weighted by Crippen LogP contribution is -2.47. The number of nitrogen functional groups attached to an aromatic ring is 1. The summed E-state index contributed by atoms with van der Waals surface area (Å²) in [6.45, 7) is 1.62. The van der Waals surface area contributed by atoms with Crippen LogP contribution in [0.2, 0.25) is 0 Å². The van der Waals surface area contributed by atoms with E-state index in [1.165, 1.54) is 12.3 Å². The van der Waals surface area contributed by atoms with Crippen LogP contribution in [0.15, 0.2) is 42.6 Å². The number of nitrogens with one attached hydrogen (secondary N) is 1. The van der Waals surface area contributed by atoms with E-state index in [1.807, 2.05) is 30.3 Å². The quantitative estimate of drug-likeness (QED) is 0.621. The molecule has 2 rings (SSSR count). The highest BCUT2D eigenvalue weighted by Gasteiger charge is 2.20. The van der Waals surface area contributed by atoms with E-state index in [1.54, 1.807) is 6.92 Å². The van der Waals surface area contributed by atoms with Crippen molar-refractivity contribution in [2.45, 2.75) is 44.7 Å². The maximum absolute atomic E-state index is 13.4. The van der Waals surface area contributed by atoms with Crippen molar-refractivity contribution in [3.8, 4) is 0 Å². The minimum Gasteiger partial charge on any atom is -0.381 e. The van der Waals surface area contributed by atoms with Gasteiger partial charge in [-0.15, -0.1) is 0 Å². The van der Waals surface area contributed by atoms with Gasteiger partial charge in [-0.25, -0.2) is 9.37 Å². The Morgan fingerprint density at radius 1 is 1.19 bits per heavy atom. The molecule has 0 saturated heterocycles. The van der Waals surface area contributed by atoms with E-state index >= 15 is 0 Å². The molecule has 7 heteroatoms. The fraction of sp³-hybridized carbons (Fsp3) is 0.350. The molecule has 0 saturated carbocycles. The second kappa shape index (κ2) is 9.78. The van der Waals surface area contributed by atoms with Crippen molar-refractivity contribution < 1.29 is 14.0 Å².